The number of aromatic nitrogens is 3. The smallest absolute Gasteiger partial charge is 0.144 e. The molecule has 4 nitrogen and oxygen atoms in total. The van der Waals surface area contributed by atoms with Crippen LogP contribution in [0.5, 0.6) is 0 Å². The molecule has 2 heterocycles. The van der Waals surface area contributed by atoms with Crippen LogP contribution in [-0.4, -0.2) is 22.1 Å². The molecule has 0 saturated heterocycles. The molecule has 0 fully saturated rings. The first kappa shape index (κ1) is 14.3. The molecule has 1 N–H and O–H groups in total. The normalized spacial score (nSPS) is 10.7. The summed E-state index contributed by atoms with van der Waals surface area (Å²) in [7, 11) is 1.64. The highest BCUT2D eigenvalue weighted by atomic mass is 79.9. The van der Waals surface area contributed by atoms with Crippen molar-refractivity contribution in [2.75, 3.05) is 7.11 Å². The van der Waals surface area contributed by atoms with E-state index in [0.29, 0.717) is 11.2 Å². The standard InChI is InChI=1S/C13H14BrN3OS/c1-7-4-9(5-8(2)15-7)12-16-10(6-18-3)11(14)13(19)17-12/h4-5H,6H2,1-3H3,(H,16,17,19). The van der Waals surface area contributed by atoms with Gasteiger partial charge in [0, 0.05) is 24.1 Å². The van der Waals surface area contributed by atoms with Gasteiger partial charge in [-0.1, -0.05) is 12.2 Å². The van der Waals surface area contributed by atoms with E-state index in [2.05, 4.69) is 30.9 Å². The molecular weight excluding hydrogens is 326 g/mol. The molecule has 0 aliphatic rings. The van der Waals surface area contributed by atoms with Gasteiger partial charge in [0.15, 0.2) is 0 Å². The van der Waals surface area contributed by atoms with Crippen LogP contribution >= 0.6 is 28.1 Å². The van der Waals surface area contributed by atoms with Crippen molar-refractivity contribution in [3.05, 3.63) is 38.3 Å². The molecule has 0 spiro atoms. The van der Waals surface area contributed by atoms with Crippen molar-refractivity contribution in [1.29, 1.82) is 0 Å². The number of hydrogen-bond acceptors (Lipinski definition) is 4. The van der Waals surface area contributed by atoms with Crippen molar-refractivity contribution < 1.29 is 4.74 Å². The fraction of sp³-hybridized carbons (Fsp3) is 0.308. The Morgan fingerprint density at radius 2 is 1.89 bits per heavy atom. The molecule has 0 unspecified atom stereocenters. The lowest BCUT2D eigenvalue weighted by Gasteiger charge is -2.09. The first-order chi connectivity index (χ1) is 9.01. The molecule has 0 aliphatic carbocycles. The minimum atomic E-state index is 0.447. The number of H-pyrrole nitrogens is 1. The largest absolute Gasteiger partial charge is 0.378 e. The quantitative estimate of drug-likeness (QED) is 0.865. The molecule has 0 aliphatic heterocycles. The zero-order chi connectivity index (χ0) is 14.0. The lowest BCUT2D eigenvalue weighted by molar-refractivity contribution is 0.181. The van der Waals surface area contributed by atoms with E-state index in [-0.39, 0.29) is 0 Å². The van der Waals surface area contributed by atoms with E-state index in [1.807, 2.05) is 26.0 Å². The summed E-state index contributed by atoms with van der Waals surface area (Å²) < 4.78 is 6.45. The molecule has 0 aromatic carbocycles. The molecule has 6 heteroatoms. The zero-order valence-electron chi connectivity index (χ0n) is 11.0. The Morgan fingerprint density at radius 1 is 1.26 bits per heavy atom. The summed E-state index contributed by atoms with van der Waals surface area (Å²) >= 11 is 8.69. The number of rotatable bonds is 3. The molecule has 2 aromatic rings. The van der Waals surface area contributed by atoms with Crippen molar-refractivity contribution in [1.82, 2.24) is 15.0 Å². The summed E-state index contributed by atoms with van der Waals surface area (Å²) in [6.07, 6.45) is 0. The Morgan fingerprint density at radius 3 is 2.47 bits per heavy atom. The first-order valence-electron chi connectivity index (χ1n) is 5.74. The number of methoxy groups -OCH3 is 1. The minimum Gasteiger partial charge on any atom is -0.378 e. The van der Waals surface area contributed by atoms with Gasteiger partial charge in [0.05, 0.1) is 16.8 Å². The van der Waals surface area contributed by atoms with Gasteiger partial charge in [-0.3, -0.25) is 4.98 Å². The van der Waals surface area contributed by atoms with Crippen molar-refractivity contribution in [3.8, 4) is 11.4 Å². The highest BCUT2D eigenvalue weighted by molar-refractivity contribution is 9.10. The third-order valence-corrected chi connectivity index (χ3v) is 3.99. The van der Waals surface area contributed by atoms with Crippen LogP contribution in [0.25, 0.3) is 11.4 Å². The van der Waals surface area contributed by atoms with E-state index in [4.69, 9.17) is 17.0 Å². The number of nitrogens with zero attached hydrogens (tertiary/aromatic N) is 2. The monoisotopic (exact) mass is 339 g/mol. The van der Waals surface area contributed by atoms with Gasteiger partial charge in [0.2, 0.25) is 0 Å². The summed E-state index contributed by atoms with van der Waals surface area (Å²) in [6.45, 7) is 4.36. The predicted molar refractivity (Wildman–Crippen MR) is 80.5 cm³/mol. The summed E-state index contributed by atoms with van der Waals surface area (Å²) in [6, 6.07) is 3.95. The van der Waals surface area contributed by atoms with Crippen molar-refractivity contribution in [3.63, 3.8) is 0 Å². The van der Waals surface area contributed by atoms with Crippen LogP contribution in [0.2, 0.25) is 0 Å². The van der Waals surface area contributed by atoms with E-state index in [9.17, 15) is 0 Å². The lowest BCUT2D eigenvalue weighted by Crippen LogP contribution is -2.00. The molecule has 2 aromatic heterocycles. The highest BCUT2D eigenvalue weighted by Crippen LogP contribution is 2.22. The van der Waals surface area contributed by atoms with Crippen LogP contribution in [0.1, 0.15) is 17.1 Å². The van der Waals surface area contributed by atoms with Gasteiger partial charge >= 0.3 is 0 Å². The summed E-state index contributed by atoms with van der Waals surface area (Å²) in [5, 5.41) is 0. The summed E-state index contributed by atoms with van der Waals surface area (Å²) in [5.74, 6) is 0.730. The van der Waals surface area contributed by atoms with Gasteiger partial charge in [-0.05, 0) is 41.9 Å². The van der Waals surface area contributed by atoms with Crippen LogP contribution in [0.3, 0.4) is 0 Å². The summed E-state index contributed by atoms with van der Waals surface area (Å²) in [5.41, 5.74) is 3.75. The number of halogens is 1. The van der Waals surface area contributed by atoms with E-state index >= 15 is 0 Å². The van der Waals surface area contributed by atoms with Gasteiger partial charge in [-0.2, -0.15) is 0 Å². The van der Waals surface area contributed by atoms with E-state index in [1.54, 1.807) is 7.11 Å². The molecular formula is C13H14BrN3OS. The van der Waals surface area contributed by atoms with E-state index < -0.39 is 0 Å². The number of hydrogen-bond donors (Lipinski definition) is 1. The fourth-order valence-corrected chi connectivity index (χ4v) is 2.37. The predicted octanol–water partition coefficient (Wildman–Crippen LogP) is 3.73. The number of pyridine rings is 1. The average Bonchev–Trinajstić information content (AvgIpc) is 2.33. The molecule has 0 saturated carbocycles. The molecule has 100 valence electrons. The van der Waals surface area contributed by atoms with Crippen molar-refractivity contribution in [2.45, 2.75) is 20.5 Å². The minimum absolute atomic E-state index is 0.447. The molecule has 0 atom stereocenters. The molecule has 19 heavy (non-hydrogen) atoms. The molecule has 0 bridgehead atoms. The maximum atomic E-state index is 5.26. The highest BCUT2D eigenvalue weighted by Gasteiger charge is 2.09. The number of nitrogens with one attached hydrogen (secondary N) is 1. The molecule has 2 rings (SSSR count). The third kappa shape index (κ3) is 3.26. The second-order valence-corrected chi connectivity index (χ2v) is 5.43. The van der Waals surface area contributed by atoms with E-state index in [0.717, 1.165) is 32.9 Å². The molecule has 0 amide bonds. The van der Waals surface area contributed by atoms with Gasteiger partial charge in [0.1, 0.15) is 10.5 Å². The van der Waals surface area contributed by atoms with Crippen LogP contribution in [0.4, 0.5) is 0 Å². The Hall–Kier alpha value is -1.11. The zero-order valence-corrected chi connectivity index (χ0v) is 13.4. The van der Waals surface area contributed by atoms with Gasteiger partial charge in [-0.15, -0.1) is 0 Å². The summed E-state index contributed by atoms with van der Waals surface area (Å²) in [4.78, 5) is 12.0. The maximum Gasteiger partial charge on any atom is 0.144 e. The van der Waals surface area contributed by atoms with Crippen LogP contribution in [0, 0.1) is 18.5 Å². The second kappa shape index (κ2) is 5.90. The number of aryl methyl sites for hydroxylation is 2. The van der Waals surface area contributed by atoms with Crippen molar-refractivity contribution >= 4 is 28.1 Å². The van der Waals surface area contributed by atoms with Crippen LogP contribution < -0.4 is 0 Å². The topological polar surface area (TPSA) is 50.8 Å². The fourth-order valence-electron chi connectivity index (χ4n) is 1.86. The van der Waals surface area contributed by atoms with Crippen molar-refractivity contribution in [2.24, 2.45) is 0 Å². The Labute approximate surface area is 125 Å². The van der Waals surface area contributed by atoms with Gasteiger partial charge in [-0.25, -0.2) is 4.98 Å². The van der Waals surface area contributed by atoms with Gasteiger partial charge < -0.3 is 9.72 Å². The number of ether oxygens (including phenoxy) is 1. The van der Waals surface area contributed by atoms with Gasteiger partial charge in [0.25, 0.3) is 0 Å². The second-order valence-electron chi connectivity index (χ2n) is 4.25. The Bertz CT molecular complexity index is 649. The maximum absolute atomic E-state index is 5.26. The SMILES string of the molecule is COCc1[nH]c(-c2cc(C)nc(C)c2)nc(=S)c1Br. The average molecular weight is 340 g/mol. The lowest BCUT2D eigenvalue weighted by atomic mass is 10.2. The van der Waals surface area contributed by atoms with E-state index in [1.165, 1.54) is 0 Å². The Balaban J connectivity index is 2.59. The first-order valence-corrected chi connectivity index (χ1v) is 6.94. The van der Waals surface area contributed by atoms with Crippen LogP contribution in [-0.2, 0) is 11.3 Å². The Kier molecular flexibility index (Phi) is 4.44. The third-order valence-electron chi connectivity index (χ3n) is 2.58. The molecule has 0 radical (unpaired) electrons. The number of aromatic amines is 1. The van der Waals surface area contributed by atoms with Crippen LogP contribution in [0.15, 0.2) is 16.6 Å².